The highest BCUT2D eigenvalue weighted by Crippen LogP contribution is 2.23. The van der Waals surface area contributed by atoms with Crippen LogP contribution in [0.2, 0.25) is 0 Å². The molecule has 0 aliphatic carbocycles. The Kier molecular flexibility index (Phi) is 5.18. The van der Waals surface area contributed by atoms with Crippen molar-refractivity contribution in [3.05, 3.63) is 29.8 Å². The maximum Gasteiger partial charge on any atom is 0.122 e. The van der Waals surface area contributed by atoms with Gasteiger partial charge in [-0.25, -0.2) is 0 Å². The SMILES string of the molecule is CCC(C)NC(C)(C#N)Cc1ccccc1OC. The van der Waals surface area contributed by atoms with Crippen LogP contribution in [0.15, 0.2) is 24.3 Å². The normalized spacial score (nSPS) is 15.5. The van der Waals surface area contributed by atoms with Gasteiger partial charge in [-0.3, -0.25) is 5.32 Å². The topological polar surface area (TPSA) is 45.0 Å². The Morgan fingerprint density at radius 2 is 2.11 bits per heavy atom. The quantitative estimate of drug-likeness (QED) is 0.839. The zero-order chi connectivity index (χ0) is 13.6. The lowest BCUT2D eigenvalue weighted by Gasteiger charge is -2.27. The first-order valence-electron chi connectivity index (χ1n) is 6.35. The smallest absolute Gasteiger partial charge is 0.122 e. The molecule has 0 radical (unpaired) electrons. The molecule has 0 bridgehead atoms. The van der Waals surface area contributed by atoms with Crippen LogP contribution in [0.3, 0.4) is 0 Å². The average Bonchev–Trinajstić information content (AvgIpc) is 2.39. The van der Waals surface area contributed by atoms with E-state index in [0.717, 1.165) is 17.7 Å². The van der Waals surface area contributed by atoms with Gasteiger partial charge >= 0.3 is 0 Å². The highest BCUT2D eigenvalue weighted by molar-refractivity contribution is 5.35. The summed E-state index contributed by atoms with van der Waals surface area (Å²) in [6.45, 7) is 6.14. The Morgan fingerprint density at radius 3 is 2.67 bits per heavy atom. The fourth-order valence-electron chi connectivity index (χ4n) is 2.00. The van der Waals surface area contributed by atoms with Crippen molar-refractivity contribution in [2.45, 2.75) is 45.2 Å². The van der Waals surface area contributed by atoms with Crippen LogP contribution >= 0.6 is 0 Å². The third-order valence-corrected chi connectivity index (χ3v) is 3.16. The number of methoxy groups -OCH3 is 1. The lowest BCUT2D eigenvalue weighted by atomic mass is 9.92. The van der Waals surface area contributed by atoms with Gasteiger partial charge in [-0.15, -0.1) is 0 Å². The number of para-hydroxylation sites is 1. The van der Waals surface area contributed by atoms with Gasteiger partial charge in [0.05, 0.1) is 13.2 Å². The molecule has 18 heavy (non-hydrogen) atoms. The Hall–Kier alpha value is -1.53. The molecule has 0 aliphatic heterocycles. The molecule has 0 amide bonds. The summed E-state index contributed by atoms with van der Waals surface area (Å²) in [5.41, 5.74) is 0.490. The molecule has 0 aromatic heterocycles. The molecule has 1 aromatic rings. The summed E-state index contributed by atoms with van der Waals surface area (Å²) in [5.74, 6) is 0.838. The second-order valence-corrected chi connectivity index (χ2v) is 4.89. The summed E-state index contributed by atoms with van der Waals surface area (Å²) in [6.07, 6.45) is 1.64. The summed E-state index contributed by atoms with van der Waals surface area (Å²) in [7, 11) is 1.66. The summed E-state index contributed by atoms with van der Waals surface area (Å²) in [4.78, 5) is 0. The number of nitriles is 1. The number of hydrogen-bond acceptors (Lipinski definition) is 3. The van der Waals surface area contributed by atoms with Crippen LogP contribution in [0.25, 0.3) is 0 Å². The summed E-state index contributed by atoms with van der Waals surface area (Å²) in [5, 5.41) is 12.8. The van der Waals surface area contributed by atoms with Crippen LogP contribution < -0.4 is 10.1 Å². The molecular formula is C15H22N2O. The largest absolute Gasteiger partial charge is 0.496 e. The zero-order valence-electron chi connectivity index (χ0n) is 11.7. The molecule has 1 aromatic carbocycles. The highest BCUT2D eigenvalue weighted by Gasteiger charge is 2.26. The van der Waals surface area contributed by atoms with Crippen LogP contribution in [-0.4, -0.2) is 18.7 Å². The predicted octanol–water partition coefficient (Wildman–Crippen LogP) is 2.91. The summed E-state index contributed by atoms with van der Waals surface area (Å²) >= 11 is 0. The van der Waals surface area contributed by atoms with E-state index >= 15 is 0 Å². The molecule has 2 atom stereocenters. The van der Waals surface area contributed by atoms with E-state index in [0.29, 0.717) is 12.5 Å². The van der Waals surface area contributed by atoms with Gasteiger partial charge in [-0.2, -0.15) is 5.26 Å². The van der Waals surface area contributed by atoms with Gasteiger partial charge in [-0.1, -0.05) is 25.1 Å². The molecule has 0 fully saturated rings. The van der Waals surface area contributed by atoms with Crippen LogP contribution in [0.4, 0.5) is 0 Å². The Morgan fingerprint density at radius 1 is 1.44 bits per heavy atom. The van der Waals surface area contributed by atoms with Crippen LogP contribution in [0.1, 0.15) is 32.8 Å². The molecule has 3 heteroatoms. The average molecular weight is 246 g/mol. The number of nitrogens with zero attached hydrogens (tertiary/aromatic N) is 1. The highest BCUT2D eigenvalue weighted by atomic mass is 16.5. The molecule has 1 N–H and O–H groups in total. The number of rotatable bonds is 6. The Labute approximate surface area is 110 Å². The molecule has 3 nitrogen and oxygen atoms in total. The predicted molar refractivity (Wildman–Crippen MR) is 73.6 cm³/mol. The van der Waals surface area contributed by atoms with Crippen LogP contribution in [-0.2, 0) is 6.42 Å². The number of hydrogen-bond donors (Lipinski definition) is 1. The summed E-state index contributed by atoms with van der Waals surface area (Å²) < 4.78 is 5.33. The molecular weight excluding hydrogens is 224 g/mol. The molecule has 98 valence electrons. The monoisotopic (exact) mass is 246 g/mol. The lowest BCUT2D eigenvalue weighted by Crippen LogP contribution is -2.47. The number of ether oxygens (including phenoxy) is 1. The minimum absolute atomic E-state index is 0.323. The van der Waals surface area contributed by atoms with E-state index in [4.69, 9.17) is 4.74 Å². The molecule has 0 saturated heterocycles. The van der Waals surface area contributed by atoms with Gasteiger partial charge in [0.25, 0.3) is 0 Å². The van der Waals surface area contributed by atoms with Gasteiger partial charge in [0.2, 0.25) is 0 Å². The standard InChI is InChI=1S/C15H22N2O/c1-5-12(2)17-15(3,11-16)10-13-8-6-7-9-14(13)18-4/h6-9,12,17H,5,10H2,1-4H3. The van der Waals surface area contributed by atoms with Crippen LogP contribution in [0.5, 0.6) is 5.75 Å². The van der Waals surface area contributed by atoms with E-state index in [9.17, 15) is 5.26 Å². The Balaban J connectivity index is 2.88. The van der Waals surface area contributed by atoms with Crippen LogP contribution in [0, 0.1) is 11.3 Å². The minimum atomic E-state index is -0.565. The van der Waals surface area contributed by atoms with Crippen molar-refractivity contribution in [1.82, 2.24) is 5.32 Å². The van der Waals surface area contributed by atoms with E-state index in [1.54, 1.807) is 7.11 Å². The minimum Gasteiger partial charge on any atom is -0.496 e. The van der Waals surface area contributed by atoms with E-state index in [2.05, 4.69) is 25.2 Å². The third kappa shape index (κ3) is 3.75. The second-order valence-electron chi connectivity index (χ2n) is 4.89. The fraction of sp³-hybridized carbons (Fsp3) is 0.533. The van der Waals surface area contributed by atoms with Crippen molar-refractivity contribution < 1.29 is 4.74 Å². The maximum absolute atomic E-state index is 9.40. The van der Waals surface area contributed by atoms with Crippen molar-refractivity contribution in [2.24, 2.45) is 0 Å². The first-order chi connectivity index (χ1) is 8.54. The van der Waals surface area contributed by atoms with E-state index in [1.807, 2.05) is 31.2 Å². The zero-order valence-corrected chi connectivity index (χ0v) is 11.7. The second kappa shape index (κ2) is 6.42. The van der Waals surface area contributed by atoms with E-state index < -0.39 is 5.54 Å². The molecule has 0 heterocycles. The van der Waals surface area contributed by atoms with Crippen molar-refractivity contribution in [1.29, 1.82) is 5.26 Å². The van der Waals surface area contributed by atoms with Gasteiger partial charge in [-0.05, 0) is 31.9 Å². The number of nitrogens with one attached hydrogen (secondary N) is 1. The first-order valence-corrected chi connectivity index (χ1v) is 6.35. The van der Waals surface area contributed by atoms with Gasteiger partial charge in [0.1, 0.15) is 11.3 Å². The molecule has 0 spiro atoms. The summed E-state index contributed by atoms with van der Waals surface area (Å²) in [6, 6.07) is 10.5. The van der Waals surface area contributed by atoms with Crippen molar-refractivity contribution in [2.75, 3.05) is 7.11 Å². The molecule has 1 rings (SSSR count). The maximum atomic E-state index is 9.40. The number of benzene rings is 1. The van der Waals surface area contributed by atoms with E-state index in [-0.39, 0.29) is 0 Å². The van der Waals surface area contributed by atoms with Crippen molar-refractivity contribution in [3.63, 3.8) is 0 Å². The third-order valence-electron chi connectivity index (χ3n) is 3.16. The molecule has 0 aliphatic rings. The lowest BCUT2D eigenvalue weighted by molar-refractivity contribution is 0.369. The first kappa shape index (κ1) is 14.5. The molecule has 0 saturated carbocycles. The van der Waals surface area contributed by atoms with E-state index in [1.165, 1.54) is 0 Å². The van der Waals surface area contributed by atoms with Crippen molar-refractivity contribution in [3.8, 4) is 11.8 Å². The van der Waals surface area contributed by atoms with Crippen molar-refractivity contribution >= 4 is 0 Å². The van der Waals surface area contributed by atoms with Gasteiger partial charge < -0.3 is 4.74 Å². The van der Waals surface area contributed by atoms with Gasteiger partial charge in [0.15, 0.2) is 0 Å². The fourth-order valence-corrected chi connectivity index (χ4v) is 2.00. The molecule has 2 unspecified atom stereocenters. The van der Waals surface area contributed by atoms with Gasteiger partial charge in [0, 0.05) is 12.5 Å². The Bertz CT molecular complexity index is 425.